The molecule has 0 aromatic heterocycles. The number of piperidine rings is 1. The topological polar surface area (TPSA) is 15.6 Å². The van der Waals surface area contributed by atoms with E-state index in [1.54, 1.807) is 0 Å². The zero-order valence-corrected chi connectivity index (χ0v) is 10.2. The number of aliphatic imine (C=N–C) groups is 1. The summed E-state index contributed by atoms with van der Waals surface area (Å²) >= 11 is 0. The Hall–Kier alpha value is -1.31. The summed E-state index contributed by atoms with van der Waals surface area (Å²) < 4.78 is 0. The molecule has 0 unspecified atom stereocenters. The Bertz CT molecular complexity index is 376. The van der Waals surface area contributed by atoms with Crippen molar-refractivity contribution in [2.45, 2.75) is 33.1 Å². The van der Waals surface area contributed by atoms with Crippen LogP contribution in [0.15, 0.2) is 23.2 Å². The summed E-state index contributed by atoms with van der Waals surface area (Å²) in [6.45, 7) is 6.55. The van der Waals surface area contributed by atoms with Gasteiger partial charge in [-0.1, -0.05) is 12.1 Å². The Balaban J connectivity index is 2.07. The van der Waals surface area contributed by atoms with Gasteiger partial charge >= 0.3 is 0 Å². The average Bonchev–Trinajstić information content (AvgIpc) is 2.32. The minimum Gasteiger partial charge on any atom is -0.363 e. The molecule has 0 spiro atoms. The van der Waals surface area contributed by atoms with Crippen LogP contribution in [0.3, 0.4) is 0 Å². The van der Waals surface area contributed by atoms with E-state index in [4.69, 9.17) is 0 Å². The Kier molecular flexibility index (Phi) is 3.60. The van der Waals surface area contributed by atoms with Crippen LogP contribution in [0.2, 0.25) is 0 Å². The Labute approximate surface area is 98.0 Å². The van der Waals surface area contributed by atoms with Crippen molar-refractivity contribution in [3.8, 4) is 0 Å². The molecule has 0 atom stereocenters. The molecule has 86 valence electrons. The number of benzene rings is 1. The van der Waals surface area contributed by atoms with Crippen LogP contribution < -0.4 is 0 Å². The Morgan fingerprint density at radius 2 is 1.88 bits per heavy atom. The Morgan fingerprint density at radius 3 is 2.62 bits per heavy atom. The van der Waals surface area contributed by atoms with Gasteiger partial charge in [-0.25, -0.2) is 4.99 Å². The van der Waals surface area contributed by atoms with Crippen LogP contribution in [0.25, 0.3) is 0 Å². The van der Waals surface area contributed by atoms with E-state index in [-0.39, 0.29) is 0 Å². The highest BCUT2D eigenvalue weighted by Crippen LogP contribution is 2.19. The fourth-order valence-electron chi connectivity index (χ4n) is 2.04. The second-order valence-corrected chi connectivity index (χ2v) is 4.63. The summed E-state index contributed by atoms with van der Waals surface area (Å²) in [5.41, 5.74) is 3.63. The lowest BCUT2D eigenvalue weighted by atomic mass is 10.1. The molecule has 1 aliphatic rings. The van der Waals surface area contributed by atoms with Gasteiger partial charge in [-0.3, -0.25) is 0 Å². The van der Waals surface area contributed by atoms with Gasteiger partial charge in [0.15, 0.2) is 0 Å². The van der Waals surface area contributed by atoms with Crippen molar-refractivity contribution < 1.29 is 0 Å². The van der Waals surface area contributed by atoms with Crippen LogP contribution in [0, 0.1) is 13.8 Å². The lowest BCUT2D eigenvalue weighted by Gasteiger charge is -2.23. The van der Waals surface area contributed by atoms with E-state index in [0.29, 0.717) is 0 Å². The molecule has 16 heavy (non-hydrogen) atoms. The number of nitrogens with zero attached hydrogens (tertiary/aromatic N) is 2. The van der Waals surface area contributed by atoms with Gasteiger partial charge in [0.25, 0.3) is 0 Å². The molecule has 1 aliphatic heterocycles. The summed E-state index contributed by atoms with van der Waals surface area (Å²) in [7, 11) is 0. The van der Waals surface area contributed by atoms with Crippen molar-refractivity contribution in [3.05, 3.63) is 29.3 Å². The number of hydrogen-bond donors (Lipinski definition) is 0. The van der Waals surface area contributed by atoms with Gasteiger partial charge in [0.05, 0.1) is 12.0 Å². The lowest BCUT2D eigenvalue weighted by molar-refractivity contribution is 0.351. The number of aryl methyl sites for hydroxylation is 2. The summed E-state index contributed by atoms with van der Waals surface area (Å²) in [6.07, 6.45) is 5.99. The fraction of sp³-hybridized carbons (Fsp3) is 0.500. The van der Waals surface area contributed by atoms with E-state index in [1.807, 2.05) is 6.34 Å². The molecular formula is C14H20N2. The zero-order valence-electron chi connectivity index (χ0n) is 10.2. The van der Waals surface area contributed by atoms with Crippen molar-refractivity contribution >= 4 is 12.0 Å². The van der Waals surface area contributed by atoms with E-state index in [9.17, 15) is 0 Å². The van der Waals surface area contributed by atoms with Gasteiger partial charge in [-0.15, -0.1) is 0 Å². The van der Waals surface area contributed by atoms with Gasteiger partial charge in [-0.05, 0) is 50.3 Å². The minimum atomic E-state index is 1.10. The zero-order chi connectivity index (χ0) is 11.4. The highest BCUT2D eigenvalue weighted by molar-refractivity contribution is 5.63. The first kappa shape index (κ1) is 11.2. The van der Waals surface area contributed by atoms with Crippen LogP contribution in [0.1, 0.15) is 30.4 Å². The van der Waals surface area contributed by atoms with Gasteiger partial charge in [-0.2, -0.15) is 0 Å². The van der Waals surface area contributed by atoms with E-state index in [0.717, 1.165) is 18.8 Å². The average molecular weight is 216 g/mol. The maximum absolute atomic E-state index is 4.59. The molecule has 2 rings (SSSR count). The second-order valence-electron chi connectivity index (χ2n) is 4.63. The second kappa shape index (κ2) is 5.15. The molecule has 0 N–H and O–H groups in total. The first-order chi connectivity index (χ1) is 7.75. The molecule has 2 nitrogen and oxygen atoms in total. The summed E-state index contributed by atoms with van der Waals surface area (Å²) in [5.74, 6) is 0. The Morgan fingerprint density at radius 1 is 1.12 bits per heavy atom. The standard InChI is InChI=1S/C14H20N2/c1-12-6-7-13(2)14(10-12)15-11-16-8-4-3-5-9-16/h6-7,10-11H,3-5,8-9H2,1-2H3. The van der Waals surface area contributed by atoms with Crippen molar-refractivity contribution in [3.63, 3.8) is 0 Å². The third-order valence-corrected chi connectivity index (χ3v) is 3.12. The SMILES string of the molecule is Cc1ccc(C)c(N=CN2CCCCC2)c1. The third kappa shape index (κ3) is 2.84. The van der Waals surface area contributed by atoms with Gasteiger partial charge in [0, 0.05) is 13.1 Å². The van der Waals surface area contributed by atoms with E-state index >= 15 is 0 Å². The summed E-state index contributed by atoms with van der Waals surface area (Å²) in [6, 6.07) is 6.42. The predicted octanol–water partition coefficient (Wildman–Crippen LogP) is 3.45. The van der Waals surface area contributed by atoms with Crippen molar-refractivity contribution in [2.24, 2.45) is 4.99 Å². The molecule has 0 radical (unpaired) electrons. The molecule has 1 aromatic rings. The number of rotatable bonds is 2. The first-order valence-corrected chi connectivity index (χ1v) is 6.11. The van der Waals surface area contributed by atoms with Gasteiger partial charge in [0.1, 0.15) is 0 Å². The smallest absolute Gasteiger partial charge is 0.0912 e. The molecule has 0 saturated carbocycles. The van der Waals surface area contributed by atoms with E-state index in [1.165, 1.54) is 30.4 Å². The number of likely N-dealkylation sites (tertiary alicyclic amines) is 1. The molecule has 0 bridgehead atoms. The fourth-order valence-corrected chi connectivity index (χ4v) is 2.04. The van der Waals surface area contributed by atoms with Crippen LogP contribution in [0.5, 0.6) is 0 Å². The first-order valence-electron chi connectivity index (χ1n) is 6.11. The highest BCUT2D eigenvalue weighted by Gasteiger charge is 2.05. The lowest BCUT2D eigenvalue weighted by Crippen LogP contribution is -2.28. The van der Waals surface area contributed by atoms with Gasteiger partial charge in [0.2, 0.25) is 0 Å². The predicted molar refractivity (Wildman–Crippen MR) is 69.5 cm³/mol. The van der Waals surface area contributed by atoms with Crippen LogP contribution in [-0.2, 0) is 0 Å². The third-order valence-electron chi connectivity index (χ3n) is 3.12. The quantitative estimate of drug-likeness (QED) is 0.546. The summed E-state index contributed by atoms with van der Waals surface area (Å²) in [5, 5.41) is 0. The summed E-state index contributed by atoms with van der Waals surface area (Å²) in [4.78, 5) is 6.92. The molecule has 1 fully saturated rings. The van der Waals surface area contributed by atoms with Crippen LogP contribution in [0.4, 0.5) is 5.69 Å². The van der Waals surface area contributed by atoms with Crippen molar-refractivity contribution in [2.75, 3.05) is 13.1 Å². The van der Waals surface area contributed by atoms with Crippen molar-refractivity contribution in [1.82, 2.24) is 4.90 Å². The van der Waals surface area contributed by atoms with E-state index < -0.39 is 0 Å². The molecule has 2 heteroatoms. The highest BCUT2D eigenvalue weighted by atomic mass is 15.1. The normalized spacial score (nSPS) is 17.0. The molecular weight excluding hydrogens is 196 g/mol. The largest absolute Gasteiger partial charge is 0.363 e. The minimum absolute atomic E-state index is 1.10. The maximum atomic E-state index is 4.59. The molecule has 1 saturated heterocycles. The van der Waals surface area contributed by atoms with Crippen LogP contribution >= 0.6 is 0 Å². The van der Waals surface area contributed by atoms with Crippen LogP contribution in [-0.4, -0.2) is 24.3 Å². The molecule has 1 aromatic carbocycles. The van der Waals surface area contributed by atoms with Crippen molar-refractivity contribution in [1.29, 1.82) is 0 Å². The van der Waals surface area contributed by atoms with Gasteiger partial charge < -0.3 is 4.90 Å². The maximum Gasteiger partial charge on any atom is 0.0912 e. The monoisotopic (exact) mass is 216 g/mol. The molecule has 1 heterocycles. The number of hydrogen-bond acceptors (Lipinski definition) is 1. The van der Waals surface area contributed by atoms with E-state index in [2.05, 4.69) is 41.9 Å². The molecule has 0 amide bonds. The molecule has 0 aliphatic carbocycles.